The van der Waals surface area contributed by atoms with Gasteiger partial charge in [-0.1, -0.05) is 18.2 Å². The number of oxazole rings is 1. The minimum Gasteiger partial charge on any atom is -0.431 e. The molecule has 4 nitrogen and oxygen atoms in total. The average molecular weight is 257 g/mol. The van der Waals surface area contributed by atoms with E-state index in [-0.39, 0.29) is 0 Å². The first-order valence-corrected chi connectivity index (χ1v) is 6.87. The van der Waals surface area contributed by atoms with Gasteiger partial charge in [0.15, 0.2) is 0 Å². The van der Waals surface area contributed by atoms with Crippen LogP contribution < -0.4 is 10.2 Å². The summed E-state index contributed by atoms with van der Waals surface area (Å²) in [6.07, 6.45) is 4.32. The highest BCUT2D eigenvalue weighted by Gasteiger charge is 2.21. The first-order valence-electron chi connectivity index (χ1n) is 6.87. The lowest BCUT2D eigenvalue weighted by Crippen LogP contribution is -2.17. The average Bonchev–Trinajstić information content (AvgIpc) is 3.17. The third-order valence-electron chi connectivity index (χ3n) is 3.30. The number of nitrogens with zero attached hydrogens (tertiary/aromatic N) is 2. The van der Waals surface area contributed by atoms with Crippen LogP contribution in [0.15, 0.2) is 41.0 Å². The van der Waals surface area contributed by atoms with Crippen molar-refractivity contribution in [1.82, 2.24) is 10.3 Å². The van der Waals surface area contributed by atoms with E-state index >= 15 is 0 Å². The van der Waals surface area contributed by atoms with Crippen LogP contribution in [0.25, 0.3) is 0 Å². The summed E-state index contributed by atoms with van der Waals surface area (Å²) in [5, 5.41) is 3.44. The van der Waals surface area contributed by atoms with E-state index in [1.165, 1.54) is 12.8 Å². The topological polar surface area (TPSA) is 41.3 Å². The van der Waals surface area contributed by atoms with Crippen molar-refractivity contribution >= 4 is 11.7 Å². The van der Waals surface area contributed by atoms with E-state index in [2.05, 4.69) is 34.3 Å². The number of anilines is 2. The fourth-order valence-corrected chi connectivity index (χ4v) is 2.07. The van der Waals surface area contributed by atoms with Gasteiger partial charge in [-0.15, -0.1) is 0 Å². The Morgan fingerprint density at radius 3 is 2.79 bits per heavy atom. The van der Waals surface area contributed by atoms with Gasteiger partial charge in [-0.2, -0.15) is 4.98 Å². The maximum Gasteiger partial charge on any atom is 0.302 e. The van der Waals surface area contributed by atoms with Crippen LogP contribution >= 0.6 is 0 Å². The van der Waals surface area contributed by atoms with Crippen LogP contribution in [0.1, 0.15) is 25.5 Å². The Morgan fingerprint density at radius 1 is 1.32 bits per heavy atom. The van der Waals surface area contributed by atoms with Crippen LogP contribution in [0.5, 0.6) is 0 Å². The monoisotopic (exact) mass is 257 g/mol. The number of benzene rings is 1. The predicted molar refractivity (Wildman–Crippen MR) is 75.5 cm³/mol. The molecule has 1 aromatic heterocycles. The van der Waals surface area contributed by atoms with Crippen LogP contribution in [-0.2, 0) is 6.54 Å². The summed E-state index contributed by atoms with van der Waals surface area (Å²) in [4.78, 5) is 6.62. The van der Waals surface area contributed by atoms with Gasteiger partial charge in [-0.25, -0.2) is 0 Å². The molecule has 0 radical (unpaired) electrons. The molecule has 3 rings (SSSR count). The van der Waals surface area contributed by atoms with Crippen molar-refractivity contribution in [3.05, 3.63) is 42.3 Å². The second kappa shape index (κ2) is 5.45. The highest BCUT2D eigenvalue weighted by Crippen LogP contribution is 2.24. The molecule has 0 saturated heterocycles. The van der Waals surface area contributed by atoms with Crippen molar-refractivity contribution in [2.24, 2.45) is 0 Å². The molecule has 1 aliphatic carbocycles. The summed E-state index contributed by atoms with van der Waals surface area (Å²) < 4.78 is 5.60. The second-order valence-electron chi connectivity index (χ2n) is 4.86. The van der Waals surface area contributed by atoms with E-state index in [0.717, 1.165) is 24.5 Å². The largest absolute Gasteiger partial charge is 0.431 e. The minimum atomic E-state index is 0.668. The number of hydrogen-bond donors (Lipinski definition) is 1. The summed E-state index contributed by atoms with van der Waals surface area (Å²) in [5.41, 5.74) is 2.07. The standard InChI is InChI=1S/C15H19N3O/c1-2-18(14-6-4-3-5-7-14)15-17-13(11-19-15)10-16-12-8-9-12/h3-7,11-12,16H,2,8-10H2,1H3. The van der Waals surface area contributed by atoms with Crippen LogP contribution in [0.3, 0.4) is 0 Å². The molecule has 0 bridgehead atoms. The first kappa shape index (κ1) is 12.2. The summed E-state index contributed by atoms with van der Waals surface area (Å²) >= 11 is 0. The summed E-state index contributed by atoms with van der Waals surface area (Å²) in [5.74, 6) is 0. The third kappa shape index (κ3) is 2.96. The Bertz CT molecular complexity index is 519. The van der Waals surface area contributed by atoms with Crippen LogP contribution in [0.4, 0.5) is 11.7 Å². The molecule has 2 aromatic rings. The Labute approximate surface area is 113 Å². The number of rotatable bonds is 6. The minimum absolute atomic E-state index is 0.668. The first-order chi connectivity index (χ1) is 9.36. The van der Waals surface area contributed by atoms with Gasteiger partial charge in [0.1, 0.15) is 6.26 Å². The third-order valence-corrected chi connectivity index (χ3v) is 3.30. The molecule has 1 fully saturated rings. The smallest absolute Gasteiger partial charge is 0.302 e. The van der Waals surface area contributed by atoms with E-state index in [0.29, 0.717) is 12.1 Å². The molecule has 1 aromatic carbocycles. The Kier molecular flexibility index (Phi) is 3.51. The van der Waals surface area contributed by atoms with E-state index in [4.69, 9.17) is 4.42 Å². The molecule has 0 aliphatic heterocycles. The van der Waals surface area contributed by atoms with E-state index in [1.54, 1.807) is 6.26 Å². The zero-order valence-electron chi connectivity index (χ0n) is 11.2. The molecule has 1 saturated carbocycles. The zero-order valence-corrected chi connectivity index (χ0v) is 11.2. The molecular weight excluding hydrogens is 238 g/mol. The van der Waals surface area contributed by atoms with Crippen molar-refractivity contribution in [3.8, 4) is 0 Å². The highest BCUT2D eigenvalue weighted by molar-refractivity contribution is 5.55. The normalized spacial score (nSPS) is 14.6. The van der Waals surface area contributed by atoms with Crippen molar-refractivity contribution in [1.29, 1.82) is 0 Å². The summed E-state index contributed by atoms with van der Waals surface area (Å²) in [6.45, 7) is 3.72. The molecule has 0 amide bonds. The lowest BCUT2D eigenvalue weighted by Gasteiger charge is -2.18. The fourth-order valence-electron chi connectivity index (χ4n) is 2.07. The predicted octanol–water partition coefficient (Wildman–Crippen LogP) is 3.08. The van der Waals surface area contributed by atoms with Gasteiger partial charge in [0, 0.05) is 24.8 Å². The van der Waals surface area contributed by atoms with Gasteiger partial charge < -0.3 is 9.73 Å². The molecule has 1 N–H and O–H groups in total. The van der Waals surface area contributed by atoms with Gasteiger partial charge in [-0.05, 0) is 31.9 Å². The Morgan fingerprint density at radius 2 is 2.11 bits per heavy atom. The van der Waals surface area contributed by atoms with Gasteiger partial charge in [0.2, 0.25) is 0 Å². The SMILES string of the molecule is CCN(c1ccccc1)c1nc(CNC2CC2)co1. The number of nitrogens with one attached hydrogen (secondary N) is 1. The maximum atomic E-state index is 5.60. The van der Waals surface area contributed by atoms with Crippen LogP contribution in [0, 0.1) is 0 Å². The van der Waals surface area contributed by atoms with Crippen molar-refractivity contribution < 1.29 is 4.42 Å². The summed E-state index contributed by atoms with van der Waals surface area (Å²) in [7, 11) is 0. The van der Waals surface area contributed by atoms with Crippen molar-refractivity contribution in [2.45, 2.75) is 32.4 Å². The molecule has 4 heteroatoms. The molecule has 19 heavy (non-hydrogen) atoms. The summed E-state index contributed by atoms with van der Waals surface area (Å²) in [6, 6.07) is 11.6. The lowest BCUT2D eigenvalue weighted by molar-refractivity contribution is 0.552. The van der Waals surface area contributed by atoms with E-state index < -0.39 is 0 Å². The Balaban J connectivity index is 1.72. The van der Waals surface area contributed by atoms with Gasteiger partial charge in [0.25, 0.3) is 0 Å². The van der Waals surface area contributed by atoms with Crippen molar-refractivity contribution in [3.63, 3.8) is 0 Å². The molecular formula is C15H19N3O. The zero-order chi connectivity index (χ0) is 13.1. The van der Waals surface area contributed by atoms with E-state index in [9.17, 15) is 0 Å². The lowest BCUT2D eigenvalue weighted by atomic mass is 10.3. The quantitative estimate of drug-likeness (QED) is 0.863. The molecule has 100 valence electrons. The molecule has 1 aliphatic rings. The molecule has 0 atom stereocenters. The van der Waals surface area contributed by atoms with Crippen LogP contribution in [-0.4, -0.2) is 17.6 Å². The van der Waals surface area contributed by atoms with E-state index in [1.807, 2.05) is 18.2 Å². The van der Waals surface area contributed by atoms with Crippen LogP contribution in [0.2, 0.25) is 0 Å². The highest BCUT2D eigenvalue weighted by atomic mass is 16.4. The van der Waals surface area contributed by atoms with Gasteiger partial charge >= 0.3 is 6.01 Å². The molecule has 0 spiro atoms. The maximum absolute atomic E-state index is 5.60. The second-order valence-corrected chi connectivity index (χ2v) is 4.86. The fraction of sp³-hybridized carbons (Fsp3) is 0.400. The number of hydrogen-bond acceptors (Lipinski definition) is 4. The molecule has 0 unspecified atom stereocenters. The number of aromatic nitrogens is 1. The number of para-hydroxylation sites is 1. The Hall–Kier alpha value is -1.81. The van der Waals surface area contributed by atoms with Crippen molar-refractivity contribution in [2.75, 3.05) is 11.4 Å². The van der Waals surface area contributed by atoms with Gasteiger partial charge in [-0.3, -0.25) is 4.90 Å². The molecule has 1 heterocycles. The van der Waals surface area contributed by atoms with Gasteiger partial charge in [0.05, 0.1) is 5.69 Å².